The molecule has 0 fully saturated rings. The second-order valence-corrected chi connectivity index (χ2v) is 5.95. The lowest BCUT2D eigenvalue weighted by atomic mass is 10.1. The second kappa shape index (κ2) is 7.20. The van der Waals surface area contributed by atoms with Crippen LogP contribution in [0.5, 0.6) is 11.5 Å². The summed E-state index contributed by atoms with van der Waals surface area (Å²) in [6.45, 7) is 1.95. The van der Waals surface area contributed by atoms with E-state index in [1.165, 1.54) is 6.07 Å². The summed E-state index contributed by atoms with van der Waals surface area (Å²) < 4.78 is 5.91. The first-order valence-electron chi connectivity index (χ1n) is 7.57. The number of nitrogens with zero attached hydrogens (tertiary/aromatic N) is 2. The summed E-state index contributed by atoms with van der Waals surface area (Å²) in [5.41, 5.74) is 2.91. The molecule has 2 aromatic carbocycles. The third-order valence-electron chi connectivity index (χ3n) is 3.66. The Labute approximate surface area is 149 Å². The van der Waals surface area contributed by atoms with Gasteiger partial charge in [0.25, 0.3) is 5.56 Å². The summed E-state index contributed by atoms with van der Waals surface area (Å²) in [6, 6.07) is 16.0. The molecule has 0 radical (unpaired) electrons. The minimum Gasteiger partial charge on any atom is -0.457 e. The molecule has 0 saturated carbocycles. The van der Waals surface area contributed by atoms with Crippen molar-refractivity contribution in [3.05, 3.63) is 86.3 Å². The molecular formula is C19H14ClN3O2. The van der Waals surface area contributed by atoms with Crippen molar-refractivity contribution in [3.63, 3.8) is 0 Å². The second-order valence-electron chi connectivity index (χ2n) is 5.54. The van der Waals surface area contributed by atoms with Crippen LogP contribution in [0.2, 0.25) is 5.02 Å². The Morgan fingerprint density at radius 2 is 2.04 bits per heavy atom. The van der Waals surface area contributed by atoms with Crippen LogP contribution in [0.15, 0.2) is 53.3 Å². The molecule has 25 heavy (non-hydrogen) atoms. The fourth-order valence-corrected chi connectivity index (χ4v) is 2.54. The quantitative estimate of drug-likeness (QED) is 0.770. The largest absolute Gasteiger partial charge is 0.457 e. The van der Waals surface area contributed by atoms with Crippen molar-refractivity contribution >= 4 is 11.6 Å². The van der Waals surface area contributed by atoms with Crippen molar-refractivity contribution in [3.8, 4) is 17.6 Å². The van der Waals surface area contributed by atoms with Crippen LogP contribution in [0.4, 0.5) is 0 Å². The highest BCUT2D eigenvalue weighted by Crippen LogP contribution is 2.29. The van der Waals surface area contributed by atoms with E-state index in [4.69, 9.17) is 21.6 Å². The van der Waals surface area contributed by atoms with E-state index < -0.39 is 0 Å². The lowest BCUT2D eigenvalue weighted by Gasteiger charge is -2.11. The van der Waals surface area contributed by atoms with Gasteiger partial charge < -0.3 is 4.74 Å². The van der Waals surface area contributed by atoms with E-state index in [2.05, 4.69) is 10.2 Å². The molecule has 1 aromatic heterocycles. The third-order valence-corrected chi connectivity index (χ3v) is 3.98. The van der Waals surface area contributed by atoms with Crippen molar-refractivity contribution in [2.45, 2.75) is 13.3 Å². The minimum absolute atomic E-state index is 0.227. The molecule has 1 heterocycles. The maximum Gasteiger partial charge on any atom is 0.264 e. The maximum atomic E-state index is 11.1. The Bertz CT molecular complexity index is 1000. The number of nitrogens with one attached hydrogen (secondary N) is 1. The number of hydrogen-bond acceptors (Lipinski definition) is 4. The predicted molar refractivity (Wildman–Crippen MR) is 95.1 cm³/mol. The van der Waals surface area contributed by atoms with Crippen molar-refractivity contribution in [2.24, 2.45) is 0 Å². The molecule has 0 aliphatic rings. The average molecular weight is 352 g/mol. The zero-order valence-corrected chi connectivity index (χ0v) is 14.2. The van der Waals surface area contributed by atoms with Gasteiger partial charge in [0.1, 0.15) is 17.6 Å². The van der Waals surface area contributed by atoms with Crippen LogP contribution in [0.25, 0.3) is 0 Å². The topological polar surface area (TPSA) is 78.8 Å². The number of benzene rings is 2. The van der Waals surface area contributed by atoms with E-state index in [9.17, 15) is 4.79 Å². The van der Waals surface area contributed by atoms with Crippen molar-refractivity contribution in [1.29, 1.82) is 5.26 Å². The predicted octanol–water partition coefficient (Wildman–Crippen LogP) is 3.99. The molecule has 0 bridgehead atoms. The van der Waals surface area contributed by atoms with Gasteiger partial charge in [-0.05, 0) is 42.3 Å². The van der Waals surface area contributed by atoms with Crippen LogP contribution in [0, 0.1) is 18.3 Å². The number of aromatic amines is 1. The zero-order chi connectivity index (χ0) is 17.8. The molecule has 5 nitrogen and oxygen atoms in total. The average Bonchev–Trinajstić information content (AvgIpc) is 2.60. The van der Waals surface area contributed by atoms with E-state index in [0.29, 0.717) is 28.5 Å². The van der Waals surface area contributed by atoms with Gasteiger partial charge in [-0.1, -0.05) is 23.7 Å². The van der Waals surface area contributed by atoms with Gasteiger partial charge in [0.15, 0.2) is 0 Å². The Kier molecular flexibility index (Phi) is 4.82. The van der Waals surface area contributed by atoms with E-state index >= 15 is 0 Å². The molecule has 0 unspecified atom stereocenters. The summed E-state index contributed by atoms with van der Waals surface area (Å²) in [5.74, 6) is 1.26. The Morgan fingerprint density at radius 1 is 1.20 bits per heavy atom. The monoisotopic (exact) mass is 351 g/mol. The molecular weight excluding hydrogens is 338 g/mol. The van der Waals surface area contributed by atoms with E-state index in [-0.39, 0.29) is 5.56 Å². The van der Waals surface area contributed by atoms with Gasteiger partial charge >= 0.3 is 0 Å². The summed E-state index contributed by atoms with van der Waals surface area (Å²) in [5, 5.41) is 15.7. The van der Waals surface area contributed by atoms with E-state index in [1.54, 1.807) is 24.3 Å². The third kappa shape index (κ3) is 4.06. The first-order valence-corrected chi connectivity index (χ1v) is 7.94. The molecule has 0 atom stereocenters. The fourth-order valence-electron chi connectivity index (χ4n) is 2.32. The Balaban J connectivity index is 1.84. The van der Waals surface area contributed by atoms with Gasteiger partial charge in [-0.2, -0.15) is 10.4 Å². The van der Waals surface area contributed by atoms with Gasteiger partial charge in [-0.3, -0.25) is 4.79 Å². The van der Waals surface area contributed by atoms with Crippen LogP contribution >= 0.6 is 11.6 Å². The number of ether oxygens (including phenoxy) is 1. The molecule has 0 amide bonds. The normalized spacial score (nSPS) is 10.3. The number of halogens is 1. The fraction of sp³-hybridized carbons (Fsp3) is 0.105. The lowest BCUT2D eigenvalue weighted by Crippen LogP contribution is -2.07. The Hall–Kier alpha value is -3.10. The van der Waals surface area contributed by atoms with E-state index in [1.807, 2.05) is 31.2 Å². The highest BCUT2D eigenvalue weighted by molar-refractivity contribution is 6.31. The molecule has 124 valence electrons. The summed E-state index contributed by atoms with van der Waals surface area (Å²) >= 11 is 6.05. The maximum absolute atomic E-state index is 11.1. The molecule has 0 saturated heterocycles. The Morgan fingerprint density at radius 3 is 2.72 bits per heavy atom. The highest BCUT2D eigenvalue weighted by Gasteiger charge is 2.07. The standard InChI is InChI=1S/C19H14ClN3O2/c1-12-2-3-13(8-15-5-7-19(24)23-22-15)9-18(12)25-16-6-4-14(11-21)17(20)10-16/h2-7,9-10H,8H2,1H3,(H,23,24). The lowest BCUT2D eigenvalue weighted by molar-refractivity contribution is 0.478. The number of aryl methyl sites for hydroxylation is 1. The molecule has 0 aliphatic carbocycles. The number of aromatic nitrogens is 2. The van der Waals surface area contributed by atoms with Crippen LogP contribution in [-0.2, 0) is 6.42 Å². The zero-order valence-electron chi connectivity index (χ0n) is 13.4. The summed E-state index contributed by atoms with van der Waals surface area (Å²) in [6.07, 6.45) is 0.571. The molecule has 0 spiro atoms. The molecule has 3 rings (SSSR count). The first-order chi connectivity index (χ1) is 12.0. The van der Waals surface area contributed by atoms with Crippen LogP contribution < -0.4 is 10.3 Å². The van der Waals surface area contributed by atoms with Gasteiger partial charge in [0, 0.05) is 18.6 Å². The van der Waals surface area contributed by atoms with Crippen molar-refractivity contribution < 1.29 is 4.74 Å². The number of nitriles is 1. The molecule has 3 aromatic rings. The van der Waals surface area contributed by atoms with Gasteiger partial charge in [-0.25, -0.2) is 5.10 Å². The minimum atomic E-state index is -0.227. The van der Waals surface area contributed by atoms with Crippen molar-refractivity contribution in [1.82, 2.24) is 10.2 Å². The van der Waals surface area contributed by atoms with Crippen molar-refractivity contribution in [2.75, 3.05) is 0 Å². The van der Waals surface area contributed by atoms with Crippen LogP contribution in [0.1, 0.15) is 22.4 Å². The van der Waals surface area contributed by atoms with Gasteiger partial charge in [-0.15, -0.1) is 0 Å². The first kappa shape index (κ1) is 16.7. The SMILES string of the molecule is Cc1ccc(Cc2ccc(=O)[nH]n2)cc1Oc1ccc(C#N)c(Cl)c1. The van der Waals surface area contributed by atoms with Gasteiger partial charge in [0.05, 0.1) is 16.3 Å². The number of H-pyrrole nitrogens is 1. The molecule has 6 heteroatoms. The highest BCUT2D eigenvalue weighted by atomic mass is 35.5. The summed E-state index contributed by atoms with van der Waals surface area (Å²) in [4.78, 5) is 11.1. The summed E-state index contributed by atoms with van der Waals surface area (Å²) in [7, 11) is 0. The number of hydrogen-bond donors (Lipinski definition) is 1. The van der Waals surface area contributed by atoms with Crippen LogP contribution in [-0.4, -0.2) is 10.2 Å². The van der Waals surface area contributed by atoms with E-state index in [0.717, 1.165) is 16.8 Å². The van der Waals surface area contributed by atoms with Gasteiger partial charge in [0.2, 0.25) is 0 Å². The molecule has 1 N–H and O–H groups in total. The number of rotatable bonds is 4. The molecule has 0 aliphatic heterocycles. The smallest absolute Gasteiger partial charge is 0.264 e. The van der Waals surface area contributed by atoms with Crippen LogP contribution in [0.3, 0.4) is 0 Å².